The van der Waals surface area contributed by atoms with Crippen molar-refractivity contribution in [2.45, 2.75) is 19.4 Å². The monoisotopic (exact) mass is 330 g/mol. The molecule has 1 aromatic heterocycles. The third-order valence-corrected chi connectivity index (χ3v) is 3.71. The highest BCUT2D eigenvalue weighted by Gasteiger charge is 2.23. The van der Waals surface area contributed by atoms with E-state index in [2.05, 4.69) is 20.8 Å². The van der Waals surface area contributed by atoms with Gasteiger partial charge in [0.2, 0.25) is 5.91 Å². The fourth-order valence-electron chi connectivity index (χ4n) is 2.46. The summed E-state index contributed by atoms with van der Waals surface area (Å²) in [6.07, 6.45) is -0.171. The highest BCUT2D eigenvalue weighted by Crippen LogP contribution is 2.13. The van der Waals surface area contributed by atoms with Gasteiger partial charge in [0.1, 0.15) is 6.61 Å². The Morgan fingerprint density at radius 3 is 2.88 bits per heavy atom. The van der Waals surface area contributed by atoms with Crippen molar-refractivity contribution in [2.75, 3.05) is 19.7 Å². The van der Waals surface area contributed by atoms with E-state index in [9.17, 15) is 9.59 Å². The van der Waals surface area contributed by atoms with Gasteiger partial charge >= 0.3 is 6.09 Å². The van der Waals surface area contributed by atoms with Crippen molar-refractivity contribution in [2.24, 2.45) is 0 Å². The van der Waals surface area contributed by atoms with Crippen LogP contribution in [0.5, 0.6) is 0 Å². The minimum absolute atomic E-state index is 0.176. The molecule has 0 radical (unpaired) electrons. The Balaban J connectivity index is 1.59. The fraction of sp³-hybridized carbons (Fsp3) is 0.400. The standard InChI is InChI=1S/C15H18N6O3/c1-11(16-13(22)7-8-20-9-10-24-15(20)23)14-17-18-19-21(14)12-5-3-2-4-6-12/h2-6,11H,7-10H2,1H3,(H,16,22). The molecule has 1 saturated heterocycles. The van der Waals surface area contributed by atoms with E-state index in [1.807, 2.05) is 37.3 Å². The van der Waals surface area contributed by atoms with Gasteiger partial charge in [0.15, 0.2) is 5.82 Å². The van der Waals surface area contributed by atoms with Crippen molar-refractivity contribution in [1.29, 1.82) is 0 Å². The summed E-state index contributed by atoms with van der Waals surface area (Å²) in [4.78, 5) is 24.9. The Morgan fingerprint density at radius 1 is 1.38 bits per heavy atom. The number of cyclic esters (lactones) is 1. The van der Waals surface area contributed by atoms with Gasteiger partial charge < -0.3 is 15.0 Å². The van der Waals surface area contributed by atoms with Crippen LogP contribution in [0.1, 0.15) is 25.2 Å². The van der Waals surface area contributed by atoms with Crippen LogP contribution in [0.15, 0.2) is 30.3 Å². The second-order valence-corrected chi connectivity index (χ2v) is 5.43. The lowest BCUT2D eigenvalue weighted by Crippen LogP contribution is -2.33. The Bertz CT molecular complexity index is 717. The van der Waals surface area contributed by atoms with Gasteiger partial charge in [0, 0.05) is 13.0 Å². The number of rotatable bonds is 6. The number of benzene rings is 1. The largest absolute Gasteiger partial charge is 0.448 e. The number of hydrogen-bond donors (Lipinski definition) is 1. The molecule has 1 unspecified atom stereocenters. The molecule has 3 rings (SSSR count). The molecule has 9 heteroatoms. The van der Waals surface area contributed by atoms with Gasteiger partial charge in [-0.25, -0.2) is 4.79 Å². The molecule has 1 fully saturated rings. The molecule has 0 aliphatic carbocycles. The molecule has 2 aromatic rings. The molecule has 1 atom stereocenters. The SMILES string of the molecule is CC(NC(=O)CCN1CCOC1=O)c1nnnn1-c1ccccc1. The molecule has 2 heterocycles. The molecule has 0 bridgehead atoms. The maximum atomic E-state index is 12.1. The number of hydrogen-bond acceptors (Lipinski definition) is 6. The van der Waals surface area contributed by atoms with Gasteiger partial charge in [0.05, 0.1) is 18.3 Å². The zero-order chi connectivity index (χ0) is 16.9. The van der Waals surface area contributed by atoms with E-state index in [4.69, 9.17) is 4.74 Å². The summed E-state index contributed by atoms with van der Waals surface area (Å²) in [5.74, 6) is 0.361. The number of carbonyl (C=O) groups is 2. The van der Waals surface area contributed by atoms with Crippen LogP contribution in [0.25, 0.3) is 5.69 Å². The average molecular weight is 330 g/mol. The van der Waals surface area contributed by atoms with E-state index in [0.717, 1.165) is 5.69 Å². The van der Waals surface area contributed by atoms with Crippen LogP contribution in [0.3, 0.4) is 0 Å². The third-order valence-electron chi connectivity index (χ3n) is 3.71. The van der Waals surface area contributed by atoms with Crippen LogP contribution < -0.4 is 5.32 Å². The van der Waals surface area contributed by atoms with Crippen molar-refractivity contribution >= 4 is 12.0 Å². The van der Waals surface area contributed by atoms with E-state index < -0.39 is 0 Å². The lowest BCUT2D eigenvalue weighted by molar-refractivity contribution is -0.121. The predicted octanol–water partition coefficient (Wildman–Crippen LogP) is 0.682. The van der Waals surface area contributed by atoms with Gasteiger partial charge in [-0.05, 0) is 29.5 Å². The van der Waals surface area contributed by atoms with E-state index in [-0.39, 0.29) is 24.5 Å². The van der Waals surface area contributed by atoms with Crippen LogP contribution in [0, 0.1) is 0 Å². The Morgan fingerprint density at radius 2 is 2.17 bits per heavy atom. The number of aromatic nitrogens is 4. The topological polar surface area (TPSA) is 102 Å². The molecular weight excluding hydrogens is 312 g/mol. The second-order valence-electron chi connectivity index (χ2n) is 5.43. The minimum atomic E-state index is -0.371. The quantitative estimate of drug-likeness (QED) is 0.836. The van der Waals surface area contributed by atoms with Gasteiger partial charge in [-0.15, -0.1) is 5.10 Å². The van der Waals surface area contributed by atoms with Crippen LogP contribution >= 0.6 is 0 Å². The van der Waals surface area contributed by atoms with E-state index in [0.29, 0.717) is 25.5 Å². The lowest BCUT2D eigenvalue weighted by atomic mass is 10.2. The highest BCUT2D eigenvalue weighted by atomic mass is 16.6. The van der Waals surface area contributed by atoms with E-state index in [1.165, 1.54) is 4.90 Å². The molecule has 1 aromatic carbocycles. The zero-order valence-corrected chi connectivity index (χ0v) is 13.3. The molecule has 2 amide bonds. The predicted molar refractivity (Wildman–Crippen MR) is 83.2 cm³/mol. The summed E-state index contributed by atoms with van der Waals surface area (Å²) < 4.78 is 6.41. The van der Waals surface area contributed by atoms with Crippen molar-refractivity contribution in [1.82, 2.24) is 30.4 Å². The summed E-state index contributed by atoms with van der Waals surface area (Å²) in [5, 5.41) is 14.5. The molecule has 24 heavy (non-hydrogen) atoms. The average Bonchev–Trinajstić information content (AvgIpc) is 3.22. The number of para-hydroxylation sites is 1. The number of tetrazole rings is 1. The first kappa shape index (κ1) is 15.9. The van der Waals surface area contributed by atoms with E-state index in [1.54, 1.807) is 4.68 Å². The number of carbonyl (C=O) groups excluding carboxylic acids is 2. The number of nitrogens with zero attached hydrogens (tertiary/aromatic N) is 5. The summed E-state index contributed by atoms with van der Waals surface area (Å²) in [5.41, 5.74) is 0.818. The third kappa shape index (κ3) is 3.50. The number of amides is 2. The second kappa shape index (κ2) is 7.07. The van der Waals surface area contributed by atoms with Crippen LogP contribution in [-0.2, 0) is 9.53 Å². The van der Waals surface area contributed by atoms with Crippen LogP contribution in [0.2, 0.25) is 0 Å². The summed E-state index contributed by atoms with van der Waals surface area (Å²) in [6, 6.07) is 9.08. The number of nitrogens with one attached hydrogen (secondary N) is 1. The first-order valence-electron chi connectivity index (χ1n) is 7.70. The maximum Gasteiger partial charge on any atom is 0.409 e. The molecule has 0 saturated carbocycles. The van der Waals surface area contributed by atoms with Gasteiger partial charge in [-0.1, -0.05) is 18.2 Å². The Kier molecular flexibility index (Phi) is 4.69. The van der Waals surface area contributed by atoms with Crippen molar-refractivity contribution in [3.05, 3.63) is 36.2 Å². The summed E-state index contributed by atoms with van der Waals surface area (Å²) in [7, 11) is 0. The Labute approximate surface area is 138 Å². The van der Waals surface area contributed by atoms with Gasteiger partial charge in [0.25, 0.3) is 0 Å². The molecule has 9 nitrogen and oxygen atoms in total. The van der Waals surface area contributed by atoms with E-state index >= 15 is 0 Å². The smallest absolute Gasteiger partial charge is 0.409 e. The van der Waals surface area contributed by atoms with Crippen molar-refractivity contribution < 1.29 is 14.3 Å². The Hall–Kier alpha value is -2.97. The molecular formula is C15H18N6O3. The van der Waals surface area contributed by atoms with Gasteiger partial charge in [-0.2, -0.15) is 4.68 Å². The van der Waals surface area contributed by atoms with Crippen molar-refractivity contribution in [3.8, 4) is 5.69 Å². The molecule has 1 aliphatic rings. The lowest BCUT2D eigenvalue weighted by Gasteiger charge is -2.15. The maximum absolute atomic E-state index is 12.1. The van der Waals surface area contributed by atoms with Crippen molar-refractivity contribution in [3.63, 3.8) is 0 Å². The fourth-order valence-corrected chi connectivity index (χ4v) is 2.46. The first-order valence-corrected chi connectivity index (χ1v) is 7.70. The minimum Gasteiger partial charge on any atom is -0.448 e. The molecule has 0 spiro atoms. The normalized spacial score (nSPS) is 15.2. The zero-order valence-electron chi connectivity index (χ0n) is 13.3. The molecule has 1 N–H and O–H groups in total. The molecule has 1 aliphatic heterocycles. The van der Waals surface area contributed by atoms with Crippen LogP contribution in [0.4, 0.5) is 4.79 Å². The number of ether oxygens (including phenoxy) is 1. The first-order chi connectivity index (χ1) is 11.6. The van der Waals surface area contributed by atoms with Crippen LogP contribution in [-0.4, -0.2) is 56.8 Å². The summed E-state index contributed by atoms with van der Waals surface area (Å²) in [6.45, 7) is 3.05. The molecule has 126 valence electrons. The summed E-state index contributed by atoms with van der Waals surface area (Å²) >= 11 is 0. The highest BCUT2D eigenvalue weighted by molar-refractivity contribution is 5.77. The van der Waals surface area contributed by atoms with Gasteiger partial charge in [-0.3, -0.25) is 4.79 Å².